The molecule has 0 bridgehead atoms. The van der Waals surface area contributed by atoms with Gasteiger partial charge in [0.15, 0.2) is 0 Å². The summed E-state index contributed by atoms with van der Waals surface area (Å²) in [5.74, 6) is 1.12. The van der Waals surface area contributed by atoms with Crippen LogP contribution in [0, 0.1) is 11.3 Å². The molecule has 16 heavy (non-hydrogen) atoms. The highest BCUT2D eigenvalue weighted by Gasteiger charge is 2.17. The molecule has 0 saturated carbocycles. The fraction of sp³-hybridized carbons (Fsp3) is 0.462. The molecule has 1 aliphatic rings. The van der Waals surface area contributed by atoms with Crippen molar-refractivity contribution in [3.05, 3.63) is 35.4 Å². The largest absolute Gasteiger partial charge is 0.309 e. The molecule has 1 saturated heterocycles. The van der Waals surface area contributed by atoms with E-state index in [1.807, 2.05) is 23.9 Å². The summed E-state index contributed by atoms with van der Waals surface area (Å²) in [5.41, 5.74) is 2.03. The standard InChI is InChI=1S/C13H16N2S/c1-10-6-7-15-13(9-16-10)12-4-2-11(8-14)3-5-12/h2-5,10,13,15H,6-7,9H2,1H3. The highest BCUT2D eigenvalue weighted by atomic mass is 32.2. The molecule has 0 aliphatic carbocycles. The molecule has 0 spiro atoms. The molecule has 1 aromatic rings. The van der Waals surface area contributed by atoms with E-state index in [4.69, 9.17) is 5.26 Å². The van der Waals surface area contributed by atoms with Crippen molar-refractivity contribution in [1.29, 1.82) is 5.26 Å². The van der Waals surface area contributed by atoms with Crippen molar-refractivity contribution in [2.75, 3.05) is 12.3 Å². The lowest BCUT2D eigenvalue weighted by molar-refractivity contribution is 0.578. The first-order valence-electron chi connectivity index (χ1n) is 5.64. The van der Waals surface area contributed by atoms with Crippen LogP contribution < -0.4 is 5.32 Å². The molecule has 1 aliphatic heterocycles. The van der Waals surface area contributed by atoms with Crippen molar-refractivity contribution in [1.82, 2.24) is 5.32 Å². The molecule has 0 radical (unpaired) electrons. The summed E-state index contributed by atoms with van der Waals surface area (Å²) in [7, 11) is 0. The highest BCUT2D eigenvalue weighted by molar-refractivity contribution is 7.99. The van der Waals surface area contributed by atoms with Gasteiger partial charge in [-0.15, -0.1) is 0 Å². The quantitative estimate of drug-likeness (QED) is 0.808. The van der Waals surface area contributed by atoms with Gasteiger partial charge in [0.05, 0.1) is 11.6 Å². The van der Waals surface area contributed by atoms with E-state index in [2.05, 4.69) is 30.4 Å². The van der Waals surface area contributed by atoms with Crippen molar-refractivity contribution < 1.29 is 0 Å². The molecular weight excluding hydrogens is 216 g/mol. The van der Waals surface area contributed by atoms with Gasteiger partial charge in [0.2, 0.25) is 0 Å². The molecule has 0 aromatic heterocycles. The summed E-state index contributed by atoms with van der Waals surface area (Å²) in [6.45, 7) is 3.37. The number of nitrogens with zero attached hydrogens (tertiary/aromatic N) is 1. The summed E-state index contributed by atoms with van der Waals surface area (Å²) < 4.78 is 0. The Labute approximate surface area is 101 Å². The second kappa shape index (κ2) is 5.38. The Balaban J connectivity index is 2.08. The Morgan fingerprint density at radius 2 is 2.12 bits per heavy atom. The summed E-state index contributed by atoms with van der Waals surface area (Å²) in [4.78, 5) is 0. The molecule has 1 fully saturated rings. The molecule has 3 heteroatoms. The molecule has 2 rings (SSSR count). The Morgan fingerprint density at radius 1 is 1.38 bits per heavy atom. The number of thioether (sulfide) groups is 1. The summed E-state index contributed by atoms with van der Waals surface area (Å²) in [5, 5.41) is 13.1. The van der Waals surface area contributed by atoms with Crippen LogP contribution in [-0.4, -0.2) is 17.5 Å². The lowest BCUT2D eigenvalue weighted by atomic mass is 10.1. The van der Waals surface area contributed by atoms with Gasteiger partial charge in [0, 0.05) is 17.0 Å². The summed E-state index contributed by atoms with van der Waals surface area (Å²) >= 11 is 2.02. The number of rotatable bonds is 1. The topological polar surface area (TPSA) is 35.8 Å². The predicted octanol–water partition coefficient (Wildman–Crippen LogP) is 2.71. The minimum absolute atomic E-state index is 0.433. The molecule has 2 atom stereocenters. The van der Waals surface area contributed by atoms with Crippen LogP contribution in [0.5, 0.6) is 0 Å². The zero-order valence-corrected chi connectivity index (χ0v) is 10.3. The lowest BCUT2D eigenvalue weighted by Crippen LogP contribution is -2.22. The van der Waals surface area contributed by atoms with Crippen molar-refractivity contribution in [3.8, 4) is 6.07 Å². The van der Waals surface area contributed by atoms with Crippen LogP contribution in [0.2, 0.25) is 0 Å². The predicted molar refractivity (Wildman–Crippen MR) is 68.4 cm³/mol. The van der Waals surface area contributed by atoms with Crippen molar-refractivity contribution in [2.45, 2.75) is 24.6 Å². The molecule has 0 amide bonds. The molecule has 1 N–H and O–H groups in total. The van der Waals surface area contributed by atoms with E-state index in [0.29, 0.717) is 6.04 Å². The smallest absolute Gasteiger partial charge is 0.0991 e. The van der Waals surface area contributed by atoms with Crippen molar-refractivity contribution in [3.63, 3.8) is 0 Å². The number of nitriles is 1. The van der Waals surface area contributed by atoms with Crippen LogP contribution in [0.15, 0.2) is 24.3 Å². The first-order chi connectivity index (χ1) is 7.79. The molecule has 1 aromatic carbocycles. The van der Waals surface area contributed by atoms with E-state index in [0.717, 1.165) is 23.1 Å². The Hall–Kier alpha value is -0.980. The Morgan fingerprint density at radius 3 is 2.81 bits per heavy atom. The van der Waals surface area contributed by atoms with Crippen LogP contribution in [0.4, 0.5) is 0 Å². The maximum absolute atomic E-state index is 8.75. The van der Waals surface area contributed by atoms with Gasteiger partial charge in [-0.3, -0.25) is 0 Å². The zero-order valence-electron chi connectivity index (χ0n) is 9.44. The van der Waals surface area contributed by atoms with E-state index in [9.17, 15) is 0 Å². The van der Waals surface area contributed by atoms with Crippen molar-refractivity contribution in [2.24, 2.45) is 0 Å². The molecule has 2 unspecified atom stereocenters. The van der Waals surface area contributed by atoms with Gasteiger partial charge in [-0.1, -0.05) is 19.1 Å². The average Bonchev–Trinajstić information content (AvgIpc) is 2.54. The Kier molecular flexibility index (Phi) is 3.87. The van der Waals surface area contributed by atoms with Crippen LogP contribution in [0.25, 0.3) is 0 Å². The zero-order chi connectivity index (χ0) is 11.4. The molecule has 2 nitrogen and oxygen atoms in total. The van der Waals surface area contributed by atoms with E-state index < -0.39 is 0 Å². The fourth-order valence-electron chi connectivity index (χ4n) is 1.87. The summed E-state index contributed by atoms with van der Waals surface area (Å²) in [6.07, 6.45) is 1.23. The van der Waals surface area contributed by atoms with E-state index in [1.54, 1.807) is 0 Å². The van der Waals surface area contributed by atoms with Gasteiger partial charge in [0.1, 0.15) is 0 Å². The van der Waals surface area contributed by atoms with Gasteiger partial charge in [-0.05, 0) is 30.7 Å². The van der Waals surface area contributed by atoms with Crippen molar-refractivity contribution >= 4 is 11.8 Å². The van der Waals surface area contributed by atoms with Gasteiger partial charge >= 0.3 is 0 Å². The third-order valence-electron chi connectivity index (χ3n) is 2.93. The number of hydrogen-bond acceptors (Lipinski definition) is 3. The fourth-order valence-corrected chi connectivity index (χ4v) is 2.98. The molecular formula is C13H16N2S. The SMILES string of the molecule is CC1CCNC(c2ccc(C#N)cc2)CS1. The second-order valence-corrected chi connectivity index (χ2v) is 5.64. The van der Waals surface area contributed by atoms with E-state index >= 15 is 0 Å². The number of nitrogens with one attached hydrogen (secondary N) is 1. The van der Waals surface area contributed by atoms with Gasteiger partial charge in [-0.25, -0.2) is 0 Å². The van der Waals surface area contributed by atoms with Gasteiger partial charge in [0.25, 0.3) is 0 Å². The minimum atomic E-state index is 0.433. The number of hydrogen-bond donors (Lipinski definition) is 1. The monoisotopic (exact) mass is 232 g/mol. The first kappa shape index (κ1) is 11.5. The van der Waals surface area contributed by atoms with Crippen LogP contribution >= 0.6 is 11.8 Å². The third kappa shape index (κ3) is 2.78. The average molecular weight is 232 g/mol. The van der Waals surface area contributed by atoms with Crippen LogP contribution in [0.1, 0.15) is 30.5 Å². The normalized spacial score (nSPS) is 25.8. The van der Waals surface area contributed by atoms with Gasteiger partial charge in [-0.2, -0.15) is 17.0 Å². The highest BCUT2D eigenvalue weighted by Crippen LogP contribution is 2.25. The summed E-state index contributed by atoms with van der Waals surface area (Å²) in [6, 6.07) is 10.5. The van der Waals surface area contributed by atoms with Crippen LogP contribution in [0.3, 0.4) is 0 Å². The third-order valence-corrected chi connectivity index (χ3v) is 4.26. The molecule has 1 heterocycles. The number of benzene rings is 1. The van der Waals surface area contributed by atoms with Gasteiger partial charge < -0.3 is 5.32 Å². The van der Waals surface area contributed by atoms with E-state index in [-0.39, 0.29) is 0 Å². The van der Waals surface area contributed by atoms with Crippen LogP contribution in [-0.2, 0) is 0 Å². The van der Waals surface area contributed by atoms with E-state index in [1.165, 1.54) is 12.0 Å². The maximum Gasteiger partial charge on any atom is 0.0991 e. The minimum Gasteiger partial charge on any atom is -0.309 e. The lowest BCUT2D eigenvalue weighted by Gasteiger charge is -2.15. The molecule has 84 valence electrons. The Bertz CT molecular complexity index is 380. The maximum atomic E-state index is 8.75. The first-order valence-corrected chi connectivity index (χ1v) is 6.69. The second-order valence-electron chi connectivity index (χ2n) is 4.17.